The van der Waals surface area contributed by atoms with Crippen molar-refractivity contribution in [2.45, 2.75) is 11.8 Å². The number of nitrogens with one attached hydrogen (secondary N) is 3. The second kappa shape index (κ2) is 13.1. The van der Waals surface area contributed by atoms with Gasteiger partial charge in [0.1, 0.15) is 5.70 Å². The van der Waals surface area contributed by atoms with Crippen molar-refractivity contribution in [2.24, 2.45) is 0 Å². The molecule has 192 valence electrons. The molecule has 38 heavy (non-hydrogen) atoms. The lowest BCUT2D eigenvalue weighted by atomic mass is 10.2. The molecule has 0 unspecified atom stereocenters. The maximum atomic E-state index is 13.2. The van der Waals surface area contributed by atoms with Crippen molar-refractivity contribution in [2.75, 3.05) is 16.4 Å². The highest BCUT2D eigenvalue weighted by molar-refractivity contribution is 8.00. The highest BCUT2D eigenvalue weighted by Crippen LogP contribution is 2.24. The standard InChI is InChI=1S/C29H24ClN3O3S2/c1-19-12-13-21(30)15-25(19)32-27(34)18-38-23-10-5-9-22(16-23)31-29(36)26(17-24-11-6-14-37-24)33-28(35)20-7-3-2-4-8-20/h2-17H,18H2,1H3,(H,31,36)(H,32,34)(H,33,35)/b26-17-. The van der Waals surface area contributed by atoms with Crippen LogP contribution in [0.2, 0.25) is 5.02 Å². The Morgan fingerprint density at radius 1 is 0.921 bits per heavy atom. The van der Waals surface area contributed by atoms with Crippen LogP contribution in [0.15, 0.2) is 101 Å². The van der Waals surface area contributed by atoms with Gasteiger partial charge in [-0.3, -0.25) is 14.4 Å². The Labute approximate surface area is 234 Å². The van der Waals surface area contributed by atoms with E-state index in [1.165, 1.54) is 23.1 Å². The molecule has 0 fully saturated rings. The lowest BCUT2D eigenvalue weighted by molar-refractivity contribution is -0.114. The molecule has 6 nitrogen and oxygen atoms in total. The van der Waals surface area contributed by atoms with E-state index in [1.807, 2.05) is 42.6 Å². The highest BCUT2D eigenvalue weighted by atomic mass is 35.5. The summed E-state index contributed by atoms with van der Waals surface area (Å²) in [5.41, 5.74) is 2.70. The summed E-state index contributed by atoms with van der Waals surface area (Å²) >= 11 is 8.83. The molecule has 0 bridgehead atoms. The minimum Gasteiger partial charge on any atom is -0.325 e. The van der Waals surface area contributed by atoms with Gasteiger partial charge in [0.2, 0.25) is 5.91 Å². The van der Waals surface area contributed by atoms with E-state index in [0.717, 1.165) is 15.3 Å². The van der Waals surface area contributed by atoms with Gasteiger partial charge in [0.25, 0.3) is 11.8 Å². The van der Waals surface area contributed by atoms with E-state index in [1.54, 1.807) is 60.7 Å². The Morgan fingerprint density at radius 2 is 1.74 bits per heavy atom. The number of hydrogen-bond donors (Lipinski definition) is 3. The van der Waals surface area contributed by atoms with Crippen molar-refractivity contribution < 1.29 is 14.4 Å². The SMILES string of the molecule is Cc1ccc(Cl)cc1NC(=O)CSc1cccc(NC(=O)/C(=C/c2cccs2)NC(=O)c2ccccc2)c1. The van der Waals surface area contributed by atoms with Crippen LogP contribution >= 0.6 is 34.7 Å². The Morgan fingerprint density at radius 3 is 2.50 bits per heavy atom. The number of thiophene rings is 1. The number of thioether (sulfide) groups is 1. The van der Waals surface area contributed by atoms with Gasteiger partial charge in [-0.2, -0.15) is 0 Å². The molecule has 0 radical (unpaired) electrons. The molecule has 0 atom stereocenters. The highest BCUT2D eigenvalue weighted by Gasteiger charge is 2.16. The van der Waals surface area contributed by atoms with Gasteiger partial charge in [-0.1, -0.05) is 48.0 Å². The summed E-state index contributed by atoms with van der Waals surface area (Å²) in [6.45, 7) is 1.90. The number of amides is 3. The first-order valence-electron chi connectivity index (χ1n) is 11.6. The number of carbonyl (C=O) groups is 3. The van der Waals surface area contributed by atoms with E-state index in [0.29, 0.717) is 22.0 Å². The zero-order chi connectivity index (χ0) is 26.9. The predicted molar refractivity (Wildman–Crippen MR) is 157 cm³/mol. The number of hydrogen-bond acceptors (Lipinski definition) is 5. The Hall–Kier alpha value is -3.85. The Bertz CT molecular complexity index is 1470. The van der Waals surface area contributed by atoms with Gasteiger partial charge in [-0.15, -0.1) is 23.1 Å². The van der Waals surface area contributed by atoms with Crippen LogP contribution in [-0.4, -0.2) is 23.5 Å². The van der Waals surface area contributed by atoms with Gasteiger partial charge in [0, 0.05) is 31.7 Å². The molecule has 3 aromatic carbocycles. The summed E-state index contributed by atoms with van der Waals surface area (Å²) in [6.07, 6.45) is 1.64. The van der Waals surface area contributed by atoms with E-state index in [2.05, 4.69) is 16.0 Å². The third-order valence-corrected chi connectivity index (χ3v) is 7.34. The monoisotopic (exact) mass is 561 g/mol. The maximum Gasteiger partial charge on any atom is 0.272 e. The average molecular weight is 562 g/mol. The third-order valence-electron chi connectivity index (χ3n) is 5.29. The normalized spacial score (nSPS) is 11.1. The van der Waals surface area contributed by atoms with Crippen molar-refractivity contribution in [1.82, 2.24) is 5.32 Å². The topological polar surface area (TPSA) is 87.3 Å². The molecule has 1 aromatic heterocycles. The lowest BCUT2D eigenvalue weighted by Crippen LogP contribution is -2.30. The first kappa shape index (κ1) is 27.2. The fourth-order valence-corrected chi connectivity index (χ4v) is 4.97. The molecule has 0 saturated heterocycles. The molecule has 4 aromatic rings. The summed E-state index contributed by atoms with van der Waals surface area (Å²) in [4.78, 5) is 40.0. The number of halogens is 1. The zero-order valence-corrected chi connectivity index (χ0v) is 22.8. The molecule has 3 N–H and O–H groups in total. The molecule has 0 aliphatic rings. The summed E-state index contributed by atoms with van der Waals surface area (Å²) in [6, 6.07) is 25.0. The maximum absolute atomic E-state index is 13.2. The van der Waals surface area contributed by atoms with Gasteiger partial charge in [-0.25, -0.2) is 0 Å². The molecule has 3 amide bonds. The van der Waals surface area contributed by atoms with Crippen LogP contribution in [0.3, 0.4) is 0 Å². The number of anilines is 2. The molecule has 1 heterocycles. The summed E-state index contributed by atoms with van der Waals surface area (Å²) in [7, 11) is 0. The Balaban J connectivity index is 1.41. The van der Waals surface area contributed by atoms with Crippen molar-refractivity contribution in [3.05, 3.63) is 117 Å². The third kappa shape index (κ3) is 7.82. The second-order valence-corrected chi connectivity index (χ2v) is 10.6. The second-order valence-electron chi connectivity index (χ2n) is 8.17. The smallest absolute Gasteiger partial charge is 0.272 e. The average Bonchev–Trinajstić information content (AvgIpc) is 3.43. The summed E-state index contributed by atoms with van der Waals surface area (Å²) in [5.74, 6) is -0.826. The molecule has 0 aliphatic carbocycles. The Kier molecular flexibility index (Phi) is 9.37. The number of carbonyl (C=O) groups excluding carboxylic acids is 3. The van der Waals surface area contributed by atoms with Crippen LogP contribution in [-0.2, 0) is 9.59 Å². The lowest BCUT2D eigenvalue weighted by Gasteiger charge is -2.12. The van der Waals surface area contributed by atoms with Crippen molar-refractivity contribution in [3.63, 3.8) is 0 Å². The zero-order valence-electron chi connectivity index (χ0n) is 20.4. The van der Waals surface area contributed by atoms with Crippen LogP contribution in [0.1, 0.15) is 20.8 Å². The van der Waals surface area contributed by atoms with Crippen LogP contribution < -0.4 is 16.0 Å². The molecular formula is C29H24ClN3O3S2. The molecule has 4 rings (SSSR count). The van der Waals surface area contributed by atoms with Gasteiger partial charge in [0.15, 0.2) is 0 Å². The van der Waals surface area contributed by atoms with E-state index in [4.69, 9.17) is 11.6 Å². The van der Waals surface area contributed by atoms with Gasteiger partial charge < -0.3 is 16.0 Å². The van der Waals surface area contributed by atoms with Gasteiger partial charge >= 0.3 is 0 Å². The van der Waals surface area contributed by atoms with E-state index in [-0.39, 0.29) is 23.3 Å². The first-order valence-corrected chi connectivity index (χ1v) is 13.8. The number of benzene rings is 3. The van der Waals surface area contributed by atoms with E-state index >= 15 is 0 Å². The minimum atomic E-state index is -0.459. The van der Waals surface area contributed by atoms with Crippen LogP contribution in [0.5, 0.6) is 0 Å². The summed E-state index contributed by atoms with van der Waals surface area (Å²) < 4.78 is 0. The van der Waals surface area contributed by atoms with Crippen LogP contribution in [0, 0.1) is 6.92 Å². The quantitative estimate of drug-likeness (QED) is 0.154. The van der Waals surface area contributed by atoms with Gasteiger partial charge in [-0.05, 0) is 72.5 Å². The van der Waals surface area contributed by atoms with E-state index < -0.39 is 5.91 Å². The summed E-state index contributed by atoms with van der Waals surface area (Å²) in [5, 5.41) is 10.9. The molecular weight excluding hydrogens is 538 g/mol. The predicted octanol–water partition coefficient (Wildman–Crippen LogP) is 6.85. The molecule has 0 spiro atoms. The van der Waals surface area contributed by atoms with Crippen molar-refractivity contribution in [3.8, 4) is 0 Å². The molecule has 0 saturated carbocycles. The number of aryl methyl sites for hydroxylation is 1. The van der Waals surface area contributed by atoms with E-state index in [9.17, 15) is 14.4 Å². The van der Waals surface area contributed by atoms with Gasteiger partial charge in [0.05, 0.1) is 5.75 Å². The fourth-order valence-electron chi connectivity index (χ4n) is 3.38. The molecule has 9 heteroatoms. The van der Waals surface area contributed by atoms with Crippen LogP contribution in [0.25, 0.3) is 6.08 Å². The van der Waals surface area contributed by atoms with Crippen molar-refractivity contribution in [1.29, 1.82) is 0 Å². The molecule has 0 aliphatic heterocycles. The minimum absolute atomic E-state index is 0.121. The first-order chi connectivity index (χ1) is 18.4. The van der Waals surface area contributed by atoms with Crippen molar-refractivity contribution >= 4 is 69.9 Å². The largest absolute Gasteiger partial charge is 0.325 e. The number of rotatable bonds is 9. The fraction of sp³-hybridized carbons (Fsp3) is 0.0690. The van der Waals surface area contributed by atoms with Crippen LogP contribution in [0.4, 0.5) is 11.4 Å².